The van der Waals surface area contributed by atoms with Crippen molar-refractivity contribution in [2.45, 2.75) is 32.0 Å². The number of rotatable bonds is 6. The zero-order chi connectivity index (χ0) is 17.1. The molecule has 1 aliphatic heterocycles. The fourth-order valence-corrected chi connectivity index (χ4v) is 3.75. The monoisotopic (exact) mass is 338 g/mol. The summed E-state index contributed by atoms with van der Waals surface area (Å²) in [7, 11) is 2.22. The minimum absolute atomic E-state index is 0.633. The fourth-order valence-electron chi connectivity index (χ4n) is 3.75. The molecule has 25 heavy (non-hydrogen) atoms. The van der Waals surface area contributed by atoms with Gasteiger partial charge in [-0.25, -0.2) is 0 Å². The molecular formula is C20H26N4O. The van der Waals surface area contributed by atoms with Crippen molar-refractivity contribution in [2.24, 2.45) is 0 Å². The molecule has 0 N–H and O–H groups in total. The van der Waals surface area contributed by atoms with Crippen LogP contribution in [0.4, 0.5) is 0 Å². The Morgan fingerprint density at radius 2 is 2.00 bits per heavy atom. The number of aromatic nitrogens is 2. The van der Waals surface area contributed by atoms with Crippen LogP contribution in [0.2, 0.25) is 0 Å². The molecule has 2 aromatic heterocycles. The SMILES string of the molecule is CN(Cc1cc2ccccc2o1)C1CCN(CCn2cccn2)CC1. The largest absolute Gasteiger partial charge is 0.460 e. The maximum atomic E-state index is 5.97. The van der Waals surface area contributed by atoms with E-state index in [1.807, 2.05) is 35.3 Å². The summed E-state index contributed by atoms with van der Waals surface area (Å²) in [6.07, 6.45) is 6.32. The van der Waals surface area contributed by atoms with Gasteiger partial charge in [0.2, 0.25) is 0 Å². The van der Waals surface area contributed by atoms with Crippen LogP contribution >= 0.6 is 0 Å². The van der Waals surface area contributed by atoms with E-state index in [9.17, 15) is 0 Å². The average molecular weight is 338 g/mol. The third kappa shape index (κ3) is 3.94. The minimum atomic E-state index is 0.633. The van der Waals surface area contributed by atoms with Crippen LogP contribution in [0.5, 0.6) is 0 Å². The van der Waals surface area contributed by atoms with Gasteiger partial charge in [-0.1, -0.05) is 18.2 Å². The van der Waals surface area contributed by atoms with Crippen molar-refractivity contribution in [2.75, 3.05) is 26.7 Å². The fraction of sp³-hybridized carbons (Fsp3) is 0.450. The van der Waals surface area contributed by atoms with E-state index >= 15 is 0 Å². The Kier molecular flexibility index (Phi) is 4.85. The second-order valence-electron chi connectivity index (χ2n) is 7.01. The van der Waals surface area contributed by atoms with E-state index < -0.39 is 0 Å². The molecule has 5 nitrogen and oxygen atoms in total. The number of para-hydroxylation sites is 1. The summed E-state index contributed by atoms with van der Waals surface area (Å²) in [5.41, 5.74) is 0.986. The van der Waals surface area contributed by atoms with E-state index in [2.05, 4.69) is 40.1 Å². The highest BCUT2D eigenvalue weighted by Gasteiger charge is 2.23. The molecule has 1 aromatic carbocycles. The van der Waals surface area contributed by atoms with Gasteiger partial charge >= 0.3 is 0 Å². The highest BCUT2D eigenvalue weighted by molar-refractivity contribution is 5.77. The average Bonchev–Trinajstić information content (AvgIpc) is 3.29. The molecule has 0 radical (unpaired) electrons. The molecule has 0 saturated carbocycles. The van der Waals surface area contributed by atoms with Crippen LogP contribution in [0, 0.1) is 0 Å². The van der Waals surface area contributed by atoms with E-state index in [0.29, 0.717) is 6.04 Å². The molecule has 0 bridgehead atoms. The Morgan fingerprint density at radius 1 is 1.16 bits per heavy atom. The number of benzene rings is 1. The summed E-state index contributed by atoms with van der Waals surface area (Å²) in [6.45, 7) is 5.27. The van der Waals surface area contributed by atoms with Crippen molar-refractivity contribution in [3.8, 4) is 0 Å². The molecule has 1 fully saturated rings. The van der Waals surface area contributed by atoms with E-state index in [-0.39, 0.29) is 0 Å². The van der Waals surface area contributed by atoms with Crippen molar-refractivity contribution < 1.29 is 4.42 Å². The molecule has 132 valence electrons. The van der Waals surface area contributed by atoms with Crippen LogP contribution in [0.15, 0.2) is 53.2 Å². The first-order chi connectivity index (χ1) is 12.3. The molecule has 0 aliphatic carbocycles. The standard InChI is InChI=1S/C20H26N4O/c1-22(16-19-15-17-5-2-3-6-20(17)25-19)18-7-11-23(12-8-18)13-14-24-10-4-9-21-24/h2-6,9-10,15,18H,7-8,11-14,16H2,1H3. The third-order valence-electron chi connectivity index (χ3n) is 5.27. The maximum Gasteiger partial charge on any atom is 0.134 e. The van der Waals surface area contributed by atoms with E-state index in [1.54, 1.807) is 0 Å². The first-order valence-electron chi connectivity index (χ1n) is 9.15. The Bertz CT molecular complexity index is 754. The minimum Gasteiger partial charge on any atom is -0.460 e. The van der Waals surface area contributed by atoms with Gasteiger partial charge in [0.05, 0.1) is 13.1 Å². The van der Waals surface area contributed by atoms with Crippen LogP contribution in [0.1, 0.15) is 18.6 Å². The highest BCUT2D eigenvalue weighted by atomic mass is 16.3. The summed E-state index contributed by atoms with van der Waals surface area (Å²) in [5.74, 6) is 1.06. The number of hydrogen-bond donors (Lipinski definition) is 0. The van der Waals surface area contributed by atoms with Crippen LogP contribution in [-0.4, -0.2) is 52.3 Å². The zero-order valence-corrected chi connectivity index (χ0v) is 14.8. The van der Waals surface area contributed by atoms with Crippen LogP contribution < -0.4 is 0 Å². The topological polar surface area (TPSA) is 37.4 Å². The number of likely N-dealkylation sites (tertiary alicyclic amines) is 1. The van der Waals surface area contributed by atoms with Crippen molar-refractivity contribution >= 4 is 11.0 Å². The van der Waals surface area contributed by atoms with Crippen molar-refractivity contribution in [1.82, 2.24) is 19.6 Å². The summed E-state index contributed by atoms with van der Waals surface area (Å²) < 4.78 is 7.98. The van der Waals surface area contributed by atoms with Gasteiger partial charge in [-0.05, 0) is 51.2 Å². The number of hydrogen-bond acceptors (Lipinski definition) is 4. The Labute approximate surface area is 148 Å². The van der Waals surface area contributed by atoms with Gasteiger partial charge in [-0.2, -0.15) is 5.10 Å². The molecule has 5 heteroatoms. The van der Waals surface area contributed by atoms with E-state index in [4.69, 9.17) is 4.42 Å². The second kappa shape index (κ2) is 7.42. The molecule has 0 amide bonds. The maximum absolute atomic E-state index is 5.97. The predicted molar refractivity (Wildman–Crippen MR) is 99.4 cm³/mol. The second-order valence-corrected chi connectivity index (χ2v) is 7.01. The summed E-state index contributed by atoms with van der Waals surface area (Å²) in [6, 6.07) is 13.0. The summed E-state index contributed by atoms with van der Waals surface area (Å²) in [4.78, 5) is 5.00. The van der Waals surface area contributed by atoms with Crippen molar-refractivity contribution in [3.63, 3.8) is 0 Å². The number of nitrogens with zero attached hydrogens (tertiary/aromatic N) is 4. The van der Waals surface area contributed by atoms with Gasteiger partial charge in [0, 0.05) is 30.4 Å². The third-order valence-corrected chi connectivity index (χ3v) is 5.27. The van der Waals surface area contributed by atoms with E-state index in [1.165, 1.54) is 18.2 Å². The van der Waals surface area contributed by atoms with E-state index in [0.717, 1.165) is 44.1 Å². The smallest absolute Gasteiger partial charge is 0.134 e. The normalized spacial score (nSPS) is 16.9. The van der Waals surface area contributed by atoms with Crippen LogP contribution in [0.3, 0.4) is 0 Å². The van der Waals surface area contributed by atoms with Gasteiger partial charge in [-0.3, -0.25) is 9.58 Å². The molecule has 3 heterocycles. The van der Waals surface area contributed by atoms with Crippen LogP contribution in [0.25, 0.3) is 11.0 Å². The van der Waals surface area contributed by atoms with Crippen molar-refractivity contribution in [3.05, 3.63) is 54.6 Å². The van der Waals surface area contributed by atoms with Gasteiger partial charge in [0.25, 0.3) is 0 Å². The molecular weight excluding hydrogens is 312 g/mol. The summed E-state index contributed by atoms with van der Waals surface area (Å²) in [5, 5.41) is 5.47. The molecule has 0 spiro atoms. The number of fused-ring (bicyclic) bond motifs is 1. The first-order valence-corrected chi connectivity index (χ1v) is 9.15. The lowest BCUT2D eigenvalue weighted by Gasteiger charge is -2.36. The lowest BCUT2D eigenvalue weighted by atomic mass is 10.0. The number of furan rings is 1. The molecule has 1 aliphatic rings. The van der Waals surface area contributed by atoms with Gasteiger partial charge < -0.3 is 9.32 Å². The molecule has 4 rings (SSSR count). The van der Waals surface area contributed by atoms with Crippen molar-refractivity contribution in [1.29, 1.82) is 0 Å². The zero-order valence-electron chi connectivity index (χ0n) is 14.8. The van der Waals surface area contributed by atoms with Crippen LogP contribution in [-0.2, 0) is 13.1 Å². The van der Waals surface area contributed by atoms with Gasteiger partial charge in [0.15, 0.2) is 0 Å². The highest BCUT2D eigenvalue weighted by Crippen LogP contribution is 2.22. The molecule has 3 aromatic rings. The Morgan fingerprint density at radius 3 is 2.76 bits per heavy atom. The first kappa shape index (κ1) is 16.4. The summed E-state index contributed by atoms with van der Waals surface area (Å²) >= 11 is 0. The lowest BCUT2D eigenvalue weighted by Crippen LogP contribution is -2.43. The molecule has 0 atom stereocenters. The number of piperidine rings is 1. The lowest BCUT2D eigenvalue weighted by molar-refractivity contribution is 0.115. The molecule has 0 unspecified atom stereocenters. The van der Waals surface area contributed by atoms with Gasteiger partial charge in [0.1, 0.15) is 11.3 Å². The predicted octanol–water partition coefficient (Wildman–Crippen LogP) is 3.23. The molecule has 1 saturated heterocycles. The quantitative estimate of drug-likeness (QED) is 0.691. The van der Waals surface area contributed by atoms with Gasteiger partial charge in [-0.15, -0.1) is 0 Å². The Balaban J connectivity index is 1.26. The Hall–Kier alpha value is -2.11.